The summed E-state index contributed by atoms with van der Waals surface area (Å²) in [7, 11) is 0. The first kappa shape index (κ1) is 21.1. The van der Waals surface area contributed by atoms with E-state index >= 15 is 0 Å². The quantitative estimate of drug-likeness (QED) is 0.677. The van der Waals surface area contributed by atoms with E-state index in [0.717, 1.165) is 77.8 Å². The number of hydrogen-bond donors (Lipinski definition) is 0. The monoisotopic (exact) mass is 405 g/mol. The van der Waals surface area contributed by atoms with Crippen LogP contribution in [-0.2, 0) is 14.3 Å². The Morgan fingerprint density at radius 1 is 0.586 bits per heavy atom. The molecule has 2 amide bonds. The fraction of sp³-hybridized carbons (Fsp3) is 0.913. The minimum absolute atomic E-state index is 0.196. The number of piperidine rings is 2. The third-order valence-electron chi connectivity index (χ3n) is 7.70. The van der Waals surface area contributed by atoms with E-state index in [1.807, 2.05) is 4.90 Å². The van der Waals surface area contributed by atoms with Crippen LogP contribution in [-0.4, -0.2) is 85.0 Å². The van der Waals surface area contributed by atoms with E-state index in [1.165, 1.54) is 25.7 Å². The fourth-order valence-corrected chi connectivity index (χ4v) is 5.79. The van der Waals surface area contributed by atoms with Gasteiger partial charge in [-0.05, 0) is 51.6 Å². The zero-order chi connectivity index (χ0) is 20.1. The molecule has 4 aliphatic rings. The number of nitrogens with zero attached hydrogens (tertiary/aromatic N) is 3. The second-order valence-electron chi connectivity index (χ2n) is 9.49. The average molecular weight is 406 g/mol. The van der Waals surface area contributed by atoms with E-state index < -0.39 is 0 Å². The van der Waals surface area contributed by atoms with Crippen LogP contribution in [0, 0.1) is 11.8 Å². The van der Waals surface area contributed by atoms with Gasteiger partial charge in [0.05, 0.1) is 13.2 Å². The molecule has 0 bridgehead atoms. The molecule has 3 heterocycles. The van der Waals surface area contributed by atoms with Crippen LogP contribution < -0.4 is 0 Å². The first-order valence-corrected chi connectivity index (χ1v) is 12.1. The molecule has 1 aliphatic carbocycles. The highest BCUT2D eigenvalue weighted by Gasteiger charge is 2.34. The van der Waals surface area contributed by atoms with Crippen LogP contribution in [0.1, 0.15) is 64.2 Å². The Morgan fingerprint density at radius 3 is 1.69 bits per heavy atom. The summed E-state index contributed by atoms with van der Waals surface area (Å²) in [5.41, 5.74) is 0. The van der Waals surface area contributed by atoms with Crippen LogP contribution in [0.25, 0.3) is 0 Å². The second kappa shape index (κ2) is 10.3. The summed E-state index contributed by atoms with van der Waals surface area (Å²) in [5, 5.41) is 0. The third-order valence-corrected chi connectivity index (χ3v) is 7.70. The number of carbonyl (C=O) groups excluding carboxylic acids is 2. The zero-order valence-corrected chi connectivity index (χ0v) is 18.0. The smallest absolute Gasteiger partial charge is 0.225 e. The molecule has 0 unspecified atom stereocenters. The molecule has 4 rings (SSSR count). The summed E-state index contributed by atoms with van der Waals surface area (Å²) in [4.78, 5) is 32.4. The fourth-order valence-electron chi connectivity index (χ4n) is 5.79. The maximum absolute atomic E-state index is 12.9. The Morgan fingerprint density at radius 2 is 1.10 bits per heavy atom. The van der Waals surface area contributed by atoms with Gasteiger partial charge in [0.15, 0.2) is 0 Å². The number of morpholine rings is 1. The van der Waals surface area contributed by atoms with Gasteiger partial charge < -0.3 is 19.4 Å². The van der Waals surface area contributed by atoms with Crippen LogP contribution >= 0.6 is 0 Å². The minimum atomic E-state index is 0.196. The molecule has 0 aromatic rings. The maximum atomic E-state index is 12.9. The highest BCUT2D eigenvalue weighted by molar-refractivity contribution is 5.79. The van der Waals surface area contributed by atoms with Gasteiger partial charge in [-0.1, -0.05) is 25.7 Å². The van der Waals surface area contributed by atoms with Gasteiger partial charge in [0.25, 0.3) is 0 Å². The molecule has 3 aliphatic heterocycles. The lowest BCUT2D eigenvalue weighted by atomic mass is 9.91. The van der Waals surface area contributed by atoms with Gasteiger partial charge >= 0.3 is 0 Å². The van der Waals surface area contributed by atoms with Gasteiger partial charge in [-0.2, -0.15) is 0 Å². The van der Waals surface area contributed by atoms with Crippen LogP contribution in [0.15, 0.2) is 0 Å². The van der Waals surface area contributed by atoms with Gasteiger partial charge in [-0.15, -0.1) is 0 Å². The van der Waals surface area contributed by atoms with Crippen molar-refractivity contribution in [3.05, 3.63) is 0 Å². The van der Waals surface area contributed by atoms with Gasteiger partial charge in [0.1, 0.15) is 0 Å². The van der Waals surface area contributed by atoms with E-state index in [0.29, 0.717) is 31.1 Å². The molecule has 0 N–H and O–H groups in total. The van der Waals surface area contributed by atoms with Crippen LogP contribution in [0.4, 0.5) is 0 Å². The lowest BCUT2D eigenvalue weighted by molar-refractivity contribution is -0.142. The SMILES string of the molecule is O=C(C1CCN(C2CCN(C(=O)C3CCCCCC3)CC2)CC1)N1CCOCC1. The van der Waals surface area contributed by atoms with Crippen molar-refractivity contribution in [2.75, 3.05) is 52.5 Å². The maximum Gasteiger partial charge on any atom is 0.225 e. The molecular weight excluding hydrogens is 366 g/mol. The lowest BCUT2D eigenvalue weighted by Crippen LogP contribution is -2.51. The Bertz CT molecular complexity index is 540. The summed E-state index contributed by atoms with van der Waals surface area (Å²) >= 11 is 0. The Balaban J connectivity index is 1.19. The third kappa shape index (κ3) is 5.32. The molecule has 6 heteroatoms. The Hall–Kier alpha value is -1.14. The number of likely N-dealkylation sites (tertiary alicyclic amines) is 2. The van der Waals surface area contributed by atoms with E-state index in [9.17, 15) is 9.59 Å². The average Bonchev–Trinajstić information content (AvgIpc) is 3.09. The molecule has 6 nitrogen and oxygen atoms in total. The number of rotatable bonds is 3. The van der Waals surface area contributed by atoms with Crippen molar-refractivity contribution in [1.82, 2.24) is 14.7 Å². The summed E-state index contributed by atoms with van der Waals surface area (Å²) in [6, 6.07) is 0.590. The van der Waals surface area contributed by atoms with Gasteiger partial charge in [-0.25, -0.2) is 0 Å². The normalized spacial score (nSPS) is 27.0. The highest BCUT2D eigenvalue weighted by atomic mass is 16.5. The molecule has 1 saturated carbocycles. The van der Waals surface area contributed by atoms with E-state index in [-0.39, 0.29) is 11.8 Å². The van der Waals surface area contributed by atoms with Crippen molar-refractivity contribution in [3.63, 3.8) is 0 Å². The predicted octanol–water partition coefficient (Wildman–Crippen LogP) is 2.52. The van der Waals surface area contributed by atoms with Gasteiger partial charge in [0, 0.05) is 44.1 Å². The summed E-state index contributed by atoms with van der Waals surface area (Å²) in [6.45, 7) is 6.79. The first-order chi connectivity index (χ1) is 14.2. The molecule has 3 saturated heterocycles. The molecule has 0 radical (unpaired) electrons. The predicted molar refractivity (Wildman–Crippen MR) is 112 cm³/mol. The van der Waals surface area contributed by atoms with Crippen molar-refractivity contribution in [2.24, 2.45) is 11.8 Å². The summed E-state index contributed by atoms with van der Waals surface area (Å²) < 4.78 is 5.37. The van der Waals surface area contributed by atoms with Crippen LogP contribution in [0.5, 0.6) is 0 Å². The van der Waals surface area contributed by atoms with Crippen molar-refractivity contribution in [2.45, 2.75) is 70.3 Å². The van der Waals surface area contributed by atoms with Crippen LogP contribution in [0.2, 0.25) is 0 Å². The highest BCUT2D eigenvalue weighted by Crippen LogP contribution is 2.28. The number of hydrogen-bond acceptors (Lipinski definition) is 4. The van der Waals surface area contributed by atoms with E-state index in [1.54, 1.807) is 0 Å². The minimum Gasteiger partial charge on any atom is -0.378 e. The molecule has 0 aromatic carbocycles. The van der Waals surface area contributed by atoms with Crippen molar-refractivity contribution >= 4 is 11.8 Å². The molecule has 29 heavy (non-hydrogen) atoms. The van der Waals surface area contributed by atoms with Gasteiger partial charge in [0.2, 0.25) is 11.8 Å². The lowest BCUT2D eigenvalue weighted by Gasteiger charge is -2.42. The molecule has 0 atom stereocenters. The first-order valence-electron chi connectivity index (χ1n) is 12.1. The molecule has 0 spiro atoms. The van der Waals surface area contributed by atoms with Crippen LogP contribution in [0.3, 0.4) is 0 Å². The molecule has 164 valence electrons. The Labute approximate surface area is 175 Å². The Kier molecular flexibility index (Phi) is 7.46. The second-order valence-corrected chi connectivity index (χ2v) is 9.49. The van der Waals surface area contributed by atoms with E-state index in [4.69, 9.17) is 4.74 Å². The van der Waals surface area contributed by atoms with E-state index in [2.05, 4.69) is 9.80 Å². The number of amides is 2. The van der Waals surface area contributed by atoms with Crippen molar-refractivity contribution in [1.29, 1.82) is 0 Å². The number of carbonyl (C=O) groups is 2. The molecule has 4 fully saturated rings. The van der Waals surface area contributed by atoms with Crippen molar-refractivity contribution in [3.8, 4) is 0 Å². The number of ether oxygens (including phenoxy) is 1. The summed E-state index contributed by atoms with van der Waals surface area (Å²) in [6.07, 6.45) is 11.4. The van der Waals surface area contributed by atoms with Crippen molar-refractivity contribution < 1.29 is 14.3 Å². The molecule has 0 aromatic heterocycles. The van der Waals surface area contributed by atoms with Gasteiger partial charge in [-0.3, -0.25) is 9.59 Å². The summed E-state index contributed by atoms with van der Waals surface area (Å²) in [5.74, 6) is 1.26. The standard InChI is InChI=1S/C23H39N3O3/c27-22(19-5-3-1-2-4-6-19)25-13-9-21(10-14-25)24-11-7-20(8-12-24)23(28)26-15-17-29-18-16-26/h19-21H,1-18H2. The molecular formula is C23H39N3O3. The topological polar surface area (TPSA) is 53.1 Å². The zero-order valence-electron chi connectivity index (χ0n) is 18.0. The largest absolute Gasteiger partial charge is 0.378 e.